The van der Waals surface area contributed by atoms with E-state index in [9.17, 15) is 9.59 Å². The third kappa shape index (κ3) is 3.44. The summed E-state index contributed by atoms with van der Waals surface area (Å²) in [5.41, 5.74) is 2.11. The van der Waals surface area contributed by atoms with Crippen molar-refractivity contribution in [3.63, 3.8) is 0 Å². The molecular weight excluding hydrogens is 378 g/mol. The quantitative estimate of drug-likeness (QED) is 0.667. The Morgan fingerprint density at radius 2 is 1.93 bits per heavy atom. The van der Waals surface area contributed by atoms with Gasteiger partial charge in [0.2, 0.25) is 11.8 Å². The van der Waals surface area contributed by atoms with Crippen LogP contribution in [0.1, 0.15) is 0 Å². The van der Waals surface area contributed by atoms with Crippen molar-refractivity contribution in [2.45, 2.75) is 5.16 Å². The number of hydrogen-bond acceptors (Lipinski definition) is 6. The zero-order valence-electron chi connectivity index (χ0n) is 15.0. The van der Waals surface area contributed by atoms with E-state index in [-0.39, 0.29) is 24.1 Å². The number of amides is 2. The minimum absolute atomic E-state index is 0.00436. The van der Waals surface area contributed by atoms with Gasteiger partial charge in [0.05, 0.1) is 29.9 Å². The van der Waals surface area contributed by atoms with E-state index in [0.29, 0.717) is 22.3 Å². The molecule has 3 aromatic rings. The van der Waals surface area contributed by atoms with E-state index < -0.39 is 0 Å². The fraction of sp³-hybridized carbons (Fsp3) is 0.158. The second-order valence-electron chi connectivity index (χ2n) is 5.99. The molecule has 0 spiro atoms. The number of carbonyl (C=O) groups excluding carboxylic acids is 2. The van der Waals surface area contributed by atoms with Gasteiger partial charge in [-0.25, -0.2) is 0 Å². The number of methoxy groups -OCH3 is 1. The average Bonchev–Trinajstić information content (AvgIpc) is 3.19. The molecule has 2 aromatic carbocycles. The summed E-state index contributed by atoms with van der Waals surface area (Å²) in [6.07, 6.45) is 1.58. The summed E-state index contributed by atoms with van der Waals surface area (Å²) in [6.45, 7) is -0.00436. The van der Waals surface area contributed by atoms with Crippen molar-refractivity contribution in [2.24, 2.45) is 0 Å². The molecule has 9 heteroatoms. The van der Waals surface area contributed by atoms with E-state index in [1.165, 1.54) is 16.7 Å². The van der Waals surface area contributed by atoms with Crippen LogP contribution in [0.2, 0.25) is 0 Å². The number of benzene rings is 2. The van der Waals surface area contributed by atoms with E-state index in [0.717, 1.165) is 5.69 Å². The van der Waals surface area contributed by atoms with Crippen LogP contribution in [-0.4, -0.2) is 46.0 Å². The van der Waals surface area contributed by atoms with Crippen LogP contribution in [-0.2, 0) is 9.59 Å². The smallest absolute Gasteiger partial charge is 0.244 e. The first-order valence-electron chi connectivity index (χ1n) is 8.53. The Morgan fingerprint density at radius 1 is 1.18 bits per heavy atom. The minimum atomic E-state index is -0.214. The van der Waals surface area contributed by atoms with Crippen molar-refractivity contribution in [3.8, 4) is 11.4 Å². The highest BCUT2D eigenvalue weighted by molar-refractivity contribution is 7.99. The van der Waals surface area contributed by atoms with Gasteiger partial charge in [0.1, 0.15) is 18.6 Å². The second kappa shape index (κ2) is 7.73. The molecule has 2 amide bonds. The van der Waals surface area contributed by atoms with E-state index in [1.54, 1.807) is 24.1 Å². The Kier molecular flexibility index (Phi) is 4.98. The van der Waals surface area contributed by atoms with Gasteiger partial charge in [-0.1, -0.05) is 36.0 Å². The molecule has 0 radical (unpaired) electrons. The SMILES string of the molecule is COc1ccccc1-n1cnnc1SCC(=O)N1CC(=O)Nc2ccccc21. The Morgan fingerprint density at radius 3 is 2.75 bits per heavy atom. The first-order chi connectivity index (χ1) is 13.7. The molecular formula is C19H17N5O3S. The van der Waals surface area contributed by atoms with E-state index in [2.05, 4.69) is 15.5 Å². The summed E-state index contributed by atoms with van der Waals surface area (Å²) >= 11 is 1.26. The zero-order chi connectivity index (χ0) is 19.5. The van der Waals surface area contributed by atoms with Gasteiger partial charge in [0.25, 0.3) is 0 Å². The van der Waals surface area contributed by atoms with Crippen LogP contribution < -0.4 is 15.0 Å². The maximum Gasteiger partial charge on any atom is 0.244 e. The Bertz CT molecular complexity index is 1040. The monoisotopic (exact) mass is 395 g/mol. The summed E-state index contributed by atoms with van der Waals surface area (Å²) < 4.78 is 7.16. The van der Waals surface area contributed by atoms with Crippen molar-refractivity contribution < 1.29 is 14.3 Å². The number of hydrogen-bond donors (Lipinski definition) is 1. The molecule has 0 atom stereocenters. The third-order valence-corrected chi connectivity index (χ3v) is 5.19. The Hall–Kier alpha value is -3.33. The summed E-state index contributed by atoms with van der Waals surface area (Å²) in [4.78, 5) is 26.2. The number of thioether (sulfide) groups is 1. The molecule has 2 heterocycles. The number of nitrogens with zero attached hydrogens (tertiary/aromatic N) is 4. The number of ether oxygens (including phenoxy) is 1. The number of carbonyl (C=O) groups is 2. The standard InChI is InChI=1S/C19H17N5O3S/c1-27-16-9-5-4-8-15(16)24-12-20-22-19(24)28-11-18(26)23-10-17(25)21-13-6-2-3-7-14(13)23/h2-9,12H,10-11H2,1H3,(H,21,25). The molecule has 0 fully saturated rings. The highest BCUT2D eigenvalue weighted by atomic mass is 32.2. The fourth-order valence-electron chi connectivity index (χ4n) is 2.98. The maximum absolute atomic E-state index is 12.8. The van der Waals surface area contributed by atoms with Gasteiger partial charge >= 0.3 is 0 Å². The largest absolute Gasteiger partial charge is 0.495 e. The summed E-state index contributed by atoms with van der Waals surface area (Å²) in [6, 6.07) is 14.7. The number of fused-ring (bicyclic) bond motifs is 1. The molecule has 0 saturated carbocycles. The molecule has 8 nitrogen and oxygen atoms in total. The molecule has 142 valence electrons. The van der Waals surface area contributed by atoms with Gasteiger partial charge in [0.15, 0.2) is 5.16 Å². The minimum Gasteiger partial charge on any atom is -0.495 e. The highest BCUT2D eigenvalue weighted by Crippen LogP contribution is 2.31. The van der Waals surface area contributed by atoms with Crippen molar-refractivity contribution in [2.75, 3.05) is 29.6 Å². The zero-order valence-corrected chi connectivity index (χ0v) is 15.8. The molecule has 1 aliphatic heterocycles. The van der Waals surface area contributed by atoms with E-state index in [1.807, 2.05) is 42.5 Å². The van der Waals surface area contributed by atoms with Gasteiger partial charge in [0, 0.05) is 0 Å². The number of aromatic nitrogens is 3. The van der Waals surface area contributed by atoms with Gasteiger partial charge in [-0.2, -0.15) is 0 Å². The molecule has 0 aliphatic carbocycles. The highest BCUT2D eigenvalue weighted by Gasteiger charge is 2.27. The van der Waals surface area contributed by atoms with Gasteiger partial charge < -0.3 is 15.0 Å². The van der Waals surface area contributed by atoms with Gasteiger partial charge in [-0.05, 0) is 24.3 Å². The molecule has 0 unspecified atom stereocenters. The predicted molar refractivity (Wildman–Crippen MR) is 106 cm³/mol. The fourth-order valence-corrected chi connectivity index (χ4v) is 3.77. The first-order valence-corrected chi connectivity index (χ1v) is 9.51. The summed E-state index contributed by atoms with van der Waals surface area (Å²) in [5, 5.41) is 11.4. The lowest BCUT2D eigenvalue weighted by molar-refractivity contribution is -0.120. The second-order valence-corrected chi connectivity index (χ2v) is 6.93. The molecule has 0 saturated heterocycles. The van der Waals surface area contributed by atoms with Crippen molar-refractivity contribution >= 4 is 35.0 Å². The lowest BCUT2D eigenvalue weighted by atomic mass is 10.2. The van der Waals surface area contributed by atoms with Crippen LogP contribution in [0.3, 0.4) is 0 Å². The topological polar surface area (TPSA) is 89.3 Å². The summed E-state index contributed by atoms with van der Waals surface area (Å²) in [5.74, 6) is 0.406. The summed E-state index contributed by atoms with van der Waals surface area (Å²) in [7, 11) is 1.60. The molecule has 1 aliphatic rings. The number of anilines is 2. The number of para-hydroxylation sites is 4. The van der Waals surface area contributed by atoms with Crippen molar-refractivity contribution in [3.05, 3.63) is 54.9 Å². The van der Waals surface area contributed by atoms with E-state index in [4.69, 9.17) is 4.74 Å². The van der Waals surface area contributed by atoms with Gasteiger partial charge in [-0.3, -0.25) is 14.2 Å². The molecule has 1 N–H and O–H groups in total. The van der Waals surface area contributed by atoms with Crippen LogP contribution >= 0.6 is 11.8 Å². The molecule has 4 rings (SSSR count). The van der Waals surface area contributed by atoms with Crippen LogP contribution in [0.4, 0.5) is 11.4 Å². The first kappa shape index (κ1) is 18.1. The average molecular weight is 395 g/mol. The third-order valence-electron chi connectivity index (χ3n) is 4.26. The van der Waals surface area contributed by atoms with Crippen LogP contribution in [0.5, 0.6) is 5.75 Å². The maximum atomic E-state index is 12.8. The lowest BCUT2D eigenvalue weighted by Gasteiger charge is -2.29. The number of nitrogens with one attached hydrogen (secondary N) is 1. The van der Waals surface area contributed by atoms with Crippen LogP contribution in [0.15, 0.2) is 60.0 Å². The van der Waals surface area contributed by atoms with E-state index >= 15 is 0 Å². The number of rotatable bonds is 5. The lowest BCUT2D eigenvalue weighted by Crippen LogP contribution is -2.43. The van der Waals surface area contributed by atoms with Gasteiger partial charge in [-0.15, -0.1) is 10.2 Å². The van der Waals surface area contributed by atoms with Crippen LogP contribution in [0, 0.1) is 0 Å². The van der Waals surface area contributed by atoms with Crippen molar-refractivity contribution in [1.82, 2.24) is 14.8 Å². The predicted octanol–water partition coefficient (Wildman–Crippen LogP) is 2.35. The molecule has 28 heavy (non-hydrogen) atoms. The van der Waals surface area contributed by atoms with Crippen molar-refractivity contribution in [1.29, 1.82) is 0 Å². The Labute approximate surface area is 165 Å². The molecule has 1 aromatic heterocycles. The normalized spacial score (nSPS) is 13.0. The Balaban J connectivity index is 1.53. The van der Waals surface area contributed by atoms with Crippen LogP contribution in [0.25, 0.3) is 5.69 Å². The molecule has 0 bridgehead atoms.